The summed E-state index contributed by atoms with van der Waals surface area (Å²) in [4.78, 5) is 28.2. The Bertz CT molecular complexity index is 886. The number of benzene rings is 2. The van der Waals surface area contributed by atoms with Crippen LogP contribution in [0.25, 0.3) is 0 Å². The van der Waals surface area contributed by atoms with Crippen LogP contribution in [0.15, 0.2) is 42.5 Å². The number of para-hydroxylation sites is 1. The SMILES string of the molecule is CC(=O)Nc1cccc(N2CCN(C(=O)Nc3c(C)cccc3C(C)C)CC2)c1. The highest BCUT2D eigenvalue weighted by Gasteiger charge is 2.23. The molecule has 0 atom stereocenters. The molecule has 3 amide bonds. The Hall–Kier alpha value is -3.02. The molecular weight excluding hydrogens is 364 g/mol. The van der Waals surface area contributed by atoms with Gasteiger partial charge in [-0.3, -0.25) is 4.79 Å². The Morgan fingerprint density at radius 3 is 2.31 bits per heavy atom. The zero-order valence-electron chi connectivity index (χ0n) is 17.7. The second kappa shape index (κ2) is 8.99. The van der Waals surface area contributed by atoms with Gasteiger partial charge in [-0.1, -0.05) is 38.1 Å². The normalized spacial score (nSPS) is 14.1. The van der Waals surface area contributed by atoms with Gasteiger partial charge in [-0.2, -0.15) is 0 Å². The number of carbonyl (C=O) groups excluding carboxylic acids is 2. The molecule has 0 radical (unpaired) electrons. The molecule has 29 heavy (non-hydrogen) atoms. The van der Waals surface area contributed by atoms with Crippen molar-refractivity contribution in [1.29, 1.82) is 0 Å². The van der Waals surface area contributed by atoms with Crippen LogP contribution in [-0.4, -0.2) is 43.0 Å². The second-order valence-electron chi connectivity index (χ2n) is 7.83. The van der Waals surface area contributed by atoms with Gasteiger partial charge >= 0.3 is 6.03 Å². The van der Waals surface area contributed by atoms with Gasteiger partial charge in [0.15, 0.2) is 0 Å². The monoisotopic (exact) mass is 394 g/mol. The van der Waals surface area contributed by atoms with Crippen molar-refractivity contribution in [3.8, 4) is 0 Å². The fraction of sp³-hybridized carbons (Fsp3) is 0.391. The molecule has 0 aromatic heterocycles. The average Bonchev–Trinajstić information content (AvgIpc) is 2.69. The van der Waals surface area contributed by atoms with E-state index in [9.17, 15) is 9.59 Å². The van der Waals surface area contributed by atoms with Crippen molar-refractivity contribution >= 4 is 29.0 Å². The Kier molecular flexibility index (Phi) is 6.42. The minimum Gasteiger partial charge on any atom is -0.368 e. The molecule has 0 saturated carbocycles. The lowest BCUT2D eigenvalue weighted by Gasteiger charge is -2.36. The summed E-state index contributed by atoms with van der Waals surface area (Å²) in [7, 11) is 0. The maximum Gasteiger partial charge on any atom is 0.321 e. The van der Waals surface area contributed by atoms with E-state index in [0.717, 1.165) is 41.3 Å². The van der Waals surface area contributed by atoms with Crippen molar-refractivity contribution in [2.24, 2.45) is 0 Å². The fourth-order valence-corrected chi connectivity index (χ4v) is 3.68. The topological polar surface area (TPSA) is 64.7 Å². The minimum absolute atomic E-state index is 0.0483. The van der Waals surface area contributed by atoms with E-state index in [1.165, 1.54) is 6.92 Å². The summed E-state index contributed by atoms with van der Waals surface area (Å²) in [5.74, 6) is 0.263. The summed E-state index contributed by atoms with van der Waals surface area (Å²) in [6.45, 7) is 10.6. The van der Waals surface area contributed by atoms with E-state index < -0.39 is 0 Å². The molecule has 1 aliphatic rings. The highest BCUT2D eigenvalue weighted by atomic mass is 16.2. The zero-order valence-corrected chi connectivity index (χ0v) is 17.7. The first-order valence-corrected chi connectivity index (χ1v) is 10.1. The molecule has 1 fully saturated rings. The quantitative estimate of drug-likeness (QED) is 0.806. The summed E-state index contributed by atoms with van der Waals surface area (Å²) >= 11 is 0. The standard InChI is InChI=1S/C23H30N4O2/c1-16(2)21-10-5-7-17(3)22(21)25-23(29)27-13-11-26(12-14-27)20-9-6-8-19(15-20)24-18(4)28/h5-10,15-16H,11-14H2,1-4H3,(H,24,28)(H,25,29). The van der Waals surface area contributed by atoms with E-state index in [2.05, 4.69) is 35.4 Å². The van der Waals surface area contributed by atoms with Gasteiger partial charge < -0.3 is 20.4 Å². The first-order chi connectivity index (χ1) is 13.8. The Labute approximate surface area is 172 Å². The average molecular weight is 395 g/mol. The largest absolute Gasteiger partial charge is 0.368 e. The van der Waals surface area contributed by atoms with E-state index in [4.69, 9.17) is 0 Å². The lowest BCUT2D eigenvalue weighted by molar-refractivity contribution is -0.114. The number of amides is 3. The Morgan fingerprint density at radius 1 is 0.966 bits per heavy atom. The number of hydrogen-bond acceptors (Lipinski definition) is 3. The summed E-state index contributed by atoms with van der Waals surface area (Å²) < 4.78 is 0. The number of nitrogens with zero attached hydrogens (tertiary/aromatic N) is 2. The van der Waals surface area contributed by atoms with Crippen molar-refractivity contribution in [2.45, 2.75) is 33.6 Å². The van der Waals surface area contributed by atoms with E-state index >= 15 is 0 Å². The van der Waals surface area contributed by atoms with Gasteiger partial charge in [-0.15, -0.1) is 0 Å². The van der Waals surface area contributed by atoms with Gasteiger partial charge in [0, 0.05) is 50.2 Å². The molecule has 6 heteroatoms. The smallest absolute Gasteiger partial charge is 0.321 e. The number of hydrogen-bond donors (Lipinski definition) is 2. The number of carbonyl (C=O) groups is 2. The number of urea groups is 1. The number of nitrogens with one attached hydrogen (secondary N) is 2. The molecule has 1 aliphatic heterocycles. The molecule has 0 unspecified atom stereocenters. The van der Waals surface area contributed by atoms with Gasteiger partial charge in [0.1, 0.15) is 0 Å². The van der Waals surface area contributed by atoms with Crippen LogP contribution in [0.1, 0.15) is 37.8 Å². The number of rotatable bonds is 4. The van der Waals surface area contributed by atoms with Crippen LogP contribution in [0.2, 0.25) is 0 Å². The summed E-state index contributed by atoms with van der Waals surface area (Å²) in [5, 5.41) is 5.95. The Morgan fingerprint density at radius 2 is 1.66 bits per heavy atom. The molecular formula is C23H30N4O2. The maximum absolute atomic E-state index is 12.9. The number of anilines is 3. The lowest BCUT2D eigenvalue weighted by Crippen LogP contribution is -2.50. The van der Waals surface area contributed by atoms with Crippen molar-refractivity contribution in [1.82, 2.24) is 4.90 Å². The van der Waals surface area contributed by atoms with E-state index in [1.807, 2.05) is 48.2 Å². The summed E-state index contributed by atoms with van der Waals surface area (Å²) in [6.07, 6.45) is 0. The summed E-state index contributed by atoms with van der Waals surface area (Å²) in [5.41, 5.74) is 5.01. The predicted molar refractivity (Wildman–Crippen MR) is 119 cm³/mol. The third-order valence-electron chi connectivity index (χ3n) is 5.26. The van der Waals surface area contributed by atoms with Crippen LogP contribution in [0.3, 0.4) is 0 Å². The van der Waals surface area contributed by atoms with Gasteiger partial charge in [0.2, 0.25) is 5.91 Å². The molecule has 3 rings (SSSR count). The molecule has 2 N–H and O–H groups in total. The Balaban J connectivity index is 1.63. The van der Waals surface area contributed by atoms with Crippen LogP contribution in [-0.2, 0) is 4.79 Å². The van der Waals surface area contributed by atoms with E-state index in [-0.39, 0.29) is 11.9 Å². The van der Waals surface area contributed by atoms with Gasteiger partial charge in [0.05, 0.1) is 0 Å². The molecule has 6 nitrogen and oxygen atoms in total. The van der Waals surface area contributed by atoms with Crippen LogP contribution < -0.4 is 15.5 Å². The molecule has 0 spiro atoms. The van der Waals surface area contributed by atoms with Crippen molar-refractivity contribution in [3.63, 3.8) is 0 Å². The maximum atomic E-state index is 12.9. The molecule has 2 aromatic carbocycles. The van der Waals surface area contributed by atoms with Crippen LogP contribution in [0, 0.1) is 6.92 Å². The predicted octanol–water partition coefficient (Wildman–Crippen LogP) is 4.43. The van der Waals surface area contributed by atoms with Crippen LogP contribution >= 0.6 is 0 Å². The zero-order chi connectivity index (χ0) is 21.0. The first-order valence-electron chi connectivity index (χ1n) is 10.1. The molecule has 0 bridgehead atoms. The third-order valence-corrected chi connectivity index (χ3v) is 5.26. The lowest BCUT2D eigenvalue weighted by atomic mass is 9.98. The first kappa shape index (κ1) is 20.7. The van der Waals surface area contributed by atoms with Crippen LogP contribution in [0.5, 0.6) is 0 Å². The van der Waals surface area contributed by atoms with E-state index in [1.54, 1.807) is 0 Å². The summed E-state index contributed by atoms with van der Waals surface area (Å²) in [6, 6.07) is 13.9. The van der Waals surface area contributed by atoms with Crippen molar-refractivity contribution in [3.05, 3.63) is 53.6 Å². The van der Waals surface area contributed by atoms with Gasteiger partial charge in [-0.05, 0) is 42.2 Å². The number of aryl methyl sites for hydroxylation is 1. The molecule has 2 aromatic rings. The molecule has 1 saturated heterocycles. The van der Waals surface area contributed by atoms with Crippen LogP contribution in [0.4, 0.5) is 21.9 Å². The van der Waals surface area contributed by atoms with Gasteiger partial charge in [-0.25, -0.2) is 4.79 Å². The second-order valence-corrected chi connectivity index (χ2v) is 7.83. The fourth-order valence-electron chi connectivity index (χ4n) is 3.68. The molecule has 1 heterocycles. The van der Waals surface area contributed by atoms with E-state index in [0.29, 0.717) is 19.0 Å². The minimum atomic E-state index is -0.0828. The van der Waals surface area contributed by atoms with Crippen molar-refractivity contribution in [2.75, 3.05) is 41.7 Å². The highest BCUT2D eigenvalue weighted by Crippen LogP contribution is 2.28. The third kappa shape index (κ3) is 5.08. The highest BCUT2D eigenvalue weighted by molar-refractivity contribution is 5.91. The number of piperazine rings is 1. The molecule has 0 aliphatic carbocycles. The van der Waals surface area contributed by atoms with Crippen molar-refractivity contribution < 1.29 is 9.59 Å². The van der Waals surface area contributed by atoms with Gasteiger partial charge in [0.25, 0.3) is 0 Å². The molecule has 154 valence electrons.